The highest BCUT2D eigenvalue weighted by Gasteiger charge is 2.13. The molecular formula is C10H12F2N2OS. The van der Waals surface area contributed by atoms with Crippen molar-refractivity contribution in [2.45, 2.75) is 23.6 Å². The Morgan fingerprint density at radius 1 is 1.44 bits per heavy atom. The molecule has 0 aliphatic rings. The van der Waals surface area contributed by atoms with E-state index in [0.717, 1.165) is 0 Å². The third-order valence-corrected chi connectivity index (χ3v) is 2.56. The van der Waals surface area contributed by atoms with Crippen molar-refractivity contribution in [3.05, 3.63) is 24.3 Å². The number of rotatable bonds is 4. The Morgan fingerprint density at radius 3 is 2.62 bits per heavy atom. The van der Waals surface area contributed by atoms with Crippen LogP contribution in [0.25, 0.3) is 0 Å². The molecule has 0 bridgehead atoms. The smallest absolute Gasteiger partial charge is 0.288 e. The molecule has 0 saturated carbocycles. The summed E-state index contributed by atoms with van der Waals surface area (Å²) in [5.41, 5.74) is 5.72. The average Bonchev–Trinajstić information content (AvgIpc) is 2.20. The summed E-state index contributed by atoms with van der Waals surface area (Å²) in [6.45, 7) is 1.53. The lowest BCUT2D eigenvalue weighted by Crippen LogP contribution is -2.32. The van der Waals surface area contributed by atoms with Crippen molar-refractivity contribution in [2.24, 2.45) is 5.73 Å². The van der Waals surface area contributed by atoms with Gasteiger partial charge in [-0.1, -0.05) is 23.9 Å². The van der Waals surface area contributed by atoms with Crippen LogP contribution in [0.5, 0.6) is 0 Å². The SMILES string of the molecule is CC(N)C(=O)Nc1ccccc1SC(F)F. The molecule has 0 fully saturated rings. The molecule has 0 heterocycles. The van der Waals surface area contributed by atoms with Gasteiger partial charge in [0.25, 0.3) is 5.76 Å². The van der Waals surface area contributed by atoms with Crippen molar-refractivity contribution in [3.8, 4) is 0 Å². The number of carbonyl (C=O) groups is 1. The van der Waals surface area contributed by atoms with Gasteiger partial charge in [0.05, 0.1) is 11.7 Å². The van der Waals surface area contributed by atoms with Crippen LogP contribution in [0, 0.1) is 0 Å². The predicted octanol–water partition coefficient (Wildman–Crippen LogP) is 2.29. The second-order valence-corrected chi connectivity index (χ2v) is 4.18. The lowest BCUT2D eigenvalue weighted by Gasteiger charge is -2.11. The van der Waals surface area contributed by atoms with Crippen molar-refractivity contribution >= 4 is 23.4 Å². The lowest BCUT2D eigenvalue weighted by molar-refractivity contribution is -0.117. The summed E-state index contributed by atoms with van der Waals surface area (Å²) >= 11 is 0.390. The van der Waals surface area contributed by atoms with Gasteiger partial charge in [0, 0.05) is 4.90 Å². The molecule has 16 heavy (non-hydrogen) atoms. The van der Waals surface area contributed by atoms with Crippen molar-refractivity contribution in [1.82, 2.24) is 0 Å². The average molecular weight is 246 g/mol. The van der Waals surface area contributed by atoms with Crippen LogP contribution in [0.15, 0.2) is 29.2 Å². The number of hydrogen-bond donors (Lipinski definition) is 2. The number of anilines is 1. The largest absolute Gasteiger partial charge is 0.324 e. The van der Waals surface area contributed by atoms with Gasteiger partial charge in [0.1, 0.15) is 0 Å². The third kappa shape index (κ3) is 3.79. The predicted molar refractivity (Wildman–Crippen MR) is 60.6 cm³/mol. The normalized spacial score (nSPS) is 12.6. The van der Waals surface area contributed by atoms with E-state index in [1.165, 1.54) is 13.0 Å². The van der Waals surface area contributed by atoms with Gasteiger partial charge >= 0.3 is 0 Å². The number of halogens is 2. The highest BCUT2D eigenvalue weighted by Crippen LogP contribution is 2.31. The highest BCUT2D eigenvalue weighted by molar-refractivity contribution is 7.99. The van der Waals surface area contributed by atoms with Crippen molar-refractivity contribution in [2.75, 3.05) is 5.32 Å². The maximum absolute atomic E-state index is 12.2. The van der Waals surface area contributed by atoms with Crippen LogP contribution in [0.2, 0.25) is 0 Å². The van der Waals surface area contributed by atoms with Gasteiger partial charge in [-0.3, -0.25) is 4.79 Å². The van der Waals surface area contributed by atoms with Crippen LogP contribution in [0.4, 0.5) is 14.5 Å². The summed E-state index contributed by atoms with van der Waals surface area (Å²) < 4.78 is 24.4. The Labute approximate surface area is 96.4 Å². The fraction of sp³-hybridized carbons (Fsp3) is 0.300. The fourth-order valence-corrected chi connectivity index (χ4v) is 1.61. The van der Waals surface area contributed by atoms with E-state index in [0.29, 0.717) is 22.3 Å². The quantitative estimate of drug-likeness (QED) is 0.801. The lowest BCUT2D eigenvalue weighted by atomic mass is 10.3. The minimum absolute atomic E-state index is 0.325. The first-order chi connectivity index (χ1) is 7.50. The molecule has 1 aromatic carbocycles. The molecule has 0 saturated heterocycles. The maximum atomic E-state index is 12.2. The zero-order valence-corrected chi connectivity index (χ0v) is 9.43. The Balaban J connectivity index is 2.82. The van der Waals surface area contributed by atoms with Gasteiger partial charge in [0.15, 0.2) is 0 Å². The number of amides is 1. The molecule has 0 aliphatic heterocycles. The van der Waals surface area contributed by atoms with Gasteiger partial charge in [-0.25, -0.2) is 0 Å². The molecule has 3 nitrogen and oxygen atoms in total. The number of hydrogen-bond acceptors (Lipinski definition) is 3. The van der Waals surface area contributed by atoms with Gasteiger partial charge in [-0.05, 0) is 19.1 Å². The molecular weight excluding hydrogens is 234 g/mol. The molecule has 3 N–H and O–H groups in total. The number of thioether (sulfide) groups is 1. The van der Waals surface area contributed by atoms with Crippen molar-refractivity contribution < 1.29 is 13.6 Å². The number of nitrogens with two attached hydrogens (primary N) is 1. The van der Waals surface area contributed by atoms with E-state index < -0.39 is 17.7 Å². The van der Waals surface area contributed by atoms with E-state index in [4.69, 9.17) is 5.73 Å². The van der Waals surface area contributed by atoms with Crippen LogP contribution < -0.4 is 11.1 Å². The third-order valence-electron chi connectivity index (χ3n) is 1.77. The molecule has 1 aromatic rings. The zero-order valence-electron chi connectivity index (χ0n) is 8.61. The molecule has 88 valence electrons. The minimum atomic E-state index is -2.52. The van der Waals surface area contributed by atoms with E-state index in [1.807, 2.05) is 0 Å². The summed E-state index contributed by atoms with van der Waals surface area (Å²) in [5, 5.41) is 2.50. The molecule has 0 aliphatic carbocycles. The minimum Gasteiger partial charge on any atom is -0.324 e. The Morgan fingerprint density at radius 2 is 2.06 bits per heavy atom. The van der Waals surface area contributed by atoms with Crippen LogP contribution in [-0.4, -0.2) is 17.7 Å². The van der Waals surface area contributed by atoms with Crippen LogP contribution in [0.3, 0.4) is 0 Å². The van der Waals surface area contributed by atoms with Crippen LogP contribution >= 0.6 is 11.8 Å². The van der Waals surface area contributed by atoms with E-state index in [1.54, 1.807) is 18.2 Å². The molecule has 1 unspecified atom stereocenters. The molecule has 6 heteroatoms. The zero-order chi connectivity index (χ0) is 12.1. The molecule has 1 rings (SSSR count). The van der Waals surface area contributed by atoms with E-state index in [2.05, 4.69) is 5.32 Å². The van der Waals surface area contributed by atoms with Crippen LogP contribution in [-0.2, 0) is 4.79 Å². The monoisotopic (exact) mass is 246 g/mol. The summed E-state index contributed by atoms with van der Waals surface area (Å²) in [6.07, 6.45) is 0. The van der Waals surface area contributed by atoms with Gasteiger partial charge in [-0.15, -0.1) is 0 Å². The first kappa shape index (κ1) is 12.9. The summed E-state index contributed by atoms with van der Waals surface area (Å²) in [6, 6.07) is 5.70. The van der Waals surface area contributed by atoms with Gasteiger partial charge < -0.3 is 11.1 Å². The summed E-state index contributed by atoms with van der Waals surface area (Å²) in [5.74, 6) is -2.92. The number of alkyl halides is 2. The van der Waals surface area contributed by atoms with E-state index >= 15 is 0 Å². The van der Waals surface area contributed by atoms with Gasteiger partial charge in [-0.2, -0.15) is 8.78 Å². The Hall–Kier alpha value is -1.14. The Bertz CT molecular complexity index is 372. The molecule has 1 amide bonds. The molecule has 0 radical (unpaired) electrons. The number of nitrogens with one attached hydrogen (secondary N) is 1. The van der Waals surface area contributed by atoms with E-state index in [9.17, 15) is 13.6 Å². The number of carbonyl (C=O) groups excluding carboxylic acids is 1. The second kappa shape index (κ2) is 5.81. The molecule has 1 atom stereocenters. The highest BCUT2D eigenvalue weighted by atomic mass is 32.2. The second-order valence-electron chi connectivity index (χ2n) is 3.15. The van der Waals surface area contributed by atoms with Crippen molar-refractivity contribution in [3.63, 3.8) is 0 Å². The van der Waals surface area contributed by atoms with Crippen LogP contribution in [0.1, 0.15) is 6.92 Å². The maximum Gasteiger partial charge on any atom is 0.288 e. The standard InChI is InChI=1S/C10H12F2N2OS/c1-6(13)9(15)14-7-4-2-3-5-8(7)16-10(11)12/h2-6,10H,13H2,1H3,(H,14,15). The topological polar surface area (TPSA) is 55.1 Å². The van der Waals surface area contributed by atoms with E-state index in [-0.39, 0.29) is 0 Å². The fourth-order valence-electron chi connectivity index (χ4n) is 1.02. The molecule has 0 spiro atoms. The van der Waals surface area contributed by atoms with Crippen molar-refractivity contribution in [1.29, 1.82) is 0 Å². The summed E-state index contributed by atoms with van der Waals surface area (Å²) in [7, 11) is 0. The first-order valence-corrected chi connectivity index (χ1v) is 5.49. The Kier molecular flexibility index (Phi) is 4.70. The summed E-state index contributed by atoms with van der Waals surface area (Å²) in [4.78, 5) is 11.6. The first-order valence-electron chi connectivity index (χ1n) is 4.61. The van der Waals surface area contributed by atoms with Gasteiger partial charge in [0.2, 0.25) is 5.91 Å². The number of benzene rings is 1. The molecule has 0 aromatic heterocycles. The number of para-hydroxylation sites is 1.